The maximum absolute atomic E-state index is 6.00. The van der Waals surface area contributed by atoms with Crippen molar-refractivity contribution >= 4 is 0 Å². The SMILES string of the molecule is COc1ccc(-c2ccc(OC)cc2)cc1.N#N. The monoisotopic (exact) mass is 242 g/mol. The van der Waals surface area contributed by atoms with Crippen LogP contribution in [0.5, 0.6) is 11.5 Å². The van der Waals surface area contributed by atoms with Crippen LogP contribution in [-0.2, 0) is 0 Å². The Labute approximate surface area is 106 Å². The Kier molecular flexibility index (Phi) is 5.20. The third-order valence-electron chi connectivity index (χ3n) is 2.51. The molecule has 0 bridgehead atoms. The first-order valence-corrected chi connectivity index (χ1v) is 5.32. The van der Waals surface area contributed by atoms with Gasteiger partial charge in [-0.15, -0.1) is 0 Å². The summed E-state index contributed by atoms with van der Waals surface area (Å²) in [5.41, 5.74) is 2.34. The predicted octanol–water partition coefficient (Wildman–Crippen LogP) is 3.40. The van der Waals surface area contributed by atoms with Gasteiger partial charge in [-0.2, -0.15) is 0 Å². The third-order valence-corrected chi connectivity index (χ3v) is 2.51. The molecule has 0 aromatic heterocycles. The van der Waals surface area contributed by atoms with E-state index in [1.165, 1.54) is 11.1 Å². The molecule has 0 atom stereocenters. The van der Waals surface area contributed by atoms with E-state index in [0.717, 1.165) is 11.5 Å². The summed E-state index contributed by atoms with van der Waals surface area (Å²) in [5, 5.41) is 12.0. The van der Waals surface area contributed by atoms with Crippen molar-refractivity contribution in [3.05, 3.63) is 48.5 Å². The van der Waals surface area contributed by atoms with Gasteiger partial charge in [0.05, 0.1) is 14.2 Å². The molecule has 92 valence electrons. The second-order valence-electron chi connectivity index (χ2n) is 3.46. The first kappa shape index (κ1) is 13.5. The molecule has 2 rings (SSSR count). The molecule has 0 spiro atoms. The van der Waals surface area contributed by atoms with Gasteiger partial charge in [-0.25, -0.2) is 0 Å². The highest BCUT2D eigenvalue weighted by Crippen LogP contribution is 2.24. The van der Waals surface area contributed by atoms with Gasteiger partial charge in [0.2, 0.25) is 0 Å². The van der Waals surface area contributed by atoms with Crippen LogP contribution < -0.4 is 9.47 Å². The quantitative estimate of drug-likeness (QED) is 0.773. The molecular weight excluding hydrogens is 228 g/mol. The number of hydrogen-bond donors (Lipinski definition) is 0. The van der Waals surface area contributed by atoms with Crippen LogP contribution in [0.1, 0.15) is 0 Å². The average Bonchev–Trinajstić information content (AvgIpc) is 2.49. The molecule has 0 saturated heterocycles. The molecule has 0 radical (unpaired) electrons. The van der Waals surface area contributed by atoms with E-state index in [1.807, 2.05) is 48.5 Å². The van der Waals surface area contributed by atoms with Crippen molar-refractivity contribution in [2.75, 3.05) is 14.2 Å². The minimum absolute atomic E-state index is 0.872. The van der Waals surface area contributed by atoms with Gasteiger partial charge < -0.3 is 9.47 Å². The Morgan fingerprint density at radius 1 is 0.611 bits per heavy atom. The van der Waals surface area contributed by atoms with Crippen LogP contribution in [0.2, 0.25) is 0 Å². The average molecular weight is 242 g/mol. The zero-order chi connectivity index (χ0) is 13.4. The van der Waals surface area contributed by atoms with Gasteiger partial charge >= 0.3 is 0 Å². The van der Waals surface area contributed by atoms with E-state index >= 15 is 0 Å². The lowest BCUT2D eigenvalue weighted by atomic mass is 10.1. The van der Waals surface area contributed by atoms with Gasteiger partial charge in [0.25, 0.3) is 0 Å². The summed E-state index contributed by atoms with van der Waals surface area (Å²) >= 11 is 0. The molecule has 0 fully saturated rings. The second-order valence-corrected chi connectivity index (χ2v) is 3.46. The molecular formula is C14H14N2O2. The van der Waals surface area contributed by atoms with E-state index < -0.39 is 0 Å². The van der Waals surface area contributed by atoms with E-state index in [1.54, 1.807) is 14.2 Å². The Morgan fingerprint density at radius 2 is 0.889 bits per heavy atom. The number of benzene rings is 2. The van der Waals surface area contributed by atoms with E-state index in [-0.39, 0.29) is 0 Å². The third kappa shape index (κ3) is 3.22. The maximum atomic E-state index is 6.00. The van der Waals surface area contributed by atoms with Gasteiger partial charge in [0.15, 0.2) is 0 Å². The lowest BCUT2D eigenvalue weighted by molar-refractivity contribution is 0.414. The van der Waals surface area contributed by atoms with Crippen molar-refractivity contribution in [1.82, 2.24) is 0 Å². The summed E-state index contributed by atoms with van der Waals surface area (Å²) in [5.74, 6) is 1.74. The van der Waals surface area contributed by atoms with E-state index in [2.05, 4.69) is 0 Å². The van der Waals surface area contributed by atoms with Gasteiger partial charge in [-0.05, 0) is 35.4 Å². The van der Waals surface area contributed by atoms with Crippen LogP contribution in [0.25, 0.3) is 11.1 Å². The molecule has 2 aromatic rings. The minimum atomic E-state index is 0.872. The second kappa shape index (κ2) is 6.92. The molecule has 0 amide bonds. The molecule has 18 heavy (non-hydrogen) atoms. The highest BCUT2D eigenvalue weighted by atomic mass is 16.5. The molecule has 0 aliphatic rings. The highest BCUT2D eigenvalue weighted by Gasteiger charge is 1.98. The number of hydrogen-bond acceptors (Lipinski definition) is 4. The van der Waals surface area contributed by atoms with Crippen LogP contribution >= 0.6 is 0 Å². The molecule has 0 N–H and O–H groups in total. The van der Waals surface area contributed by atoms with Crippen molar-refractivity contribution in [3.8, 4) is 22.6 Å². The van der Waals surface area contributed by atoms with E-state index in [9.17, 15) is 0 Å². The summed E-state index contributed by atoms with van der Waals surface area (Å²) in [7, 11) is 3.34. The topological polar surface area (TPSA) is 66.0 Å². The summed E-state index contributed by atoms with van der Waals surface area (Å²) in [6.45, 7) is 0. The molecule has 0 saturated carbocycles. The van der Waals surface area contributed by atoms with Crippen molar-refractivity contribution < 1.29 is 9.47 Å². The summed E-state index contributed by atoms with van der Waals surface area (Å²) in [6, 6.07) is 16.0. The van der Waals surface area contributed by atoms with Crippen LogP contribution in [0.3, 0.4) is 0 Å². The zero-order valence-electron chi connectivity index (χ0n) is 10.3. The fraction of sp³-hybridized carbons (Fsp3) is 0.143. The number of methoxy groups -OCH3 is 2. The van der Waals surface area contributed by atoms with Crippen LogP contribution in [-0.4, -0.2) is 14.2 Å². The number of rotatable bonds is 3. The Balaban J connectivity index is 0.000000771. The van der Waals surface area contributed by atoms with Crippen LogP contribution in [0.15, 0.2) is 48.5 Å². The Bertz CT molecular complexity index is 444. The summed E-state index contributed by atoms with van der Waals surface area (Å²) in [4.78, 5) is 0. The summed E-state index contributed by atoms with van der Waals surface area (Å²) < 4.78 is 10.2. The molecule has 0 unspecified atom stereocenters. The first-order valence-electron chi connectivity index (χ1n) is 5.32. The molecule has 2 aromatic carbocycles. The number of ether oxygens (including phenoxy) is 2. The Morgan fingerprint density at radius 3 is 1.11 bits per heavy atom. The normalized spacial score (nSPS) is 8.89. The van der Waals surface area contributed by atoms with E-state index in [0.29, 0.717) is 0 Å². The van der Waals surface area contributed by atoms with Crippen molar-refractivity contribution in [1.29, 1.82) is 10.8 Å². The van der Waals surface area contributed by atoms with Crippen LogP contribution in [0.4, 0.5) is 0 Å². The maximum Gasteiger partial charge on any atom is 0.118 e. The molecule has 4 heteroatoms. The van der Waals surface area contributed by atoms with Crippen molar-refractivity contribution in [3.63, 3.8) is 0 Å². The summed E-state index contributed by atoms with van der Waals surface area (Å²) in [6.07, 6.45) is 0. The van der Waals surface area contributed by atoms with Gasteiger partial charge in [-0.3, -0.25) is 0 Å². The number of nitrogens with zero attached hydrogens (tertiary/aromatic N) is 2. The lowest BCUT2D eigenvalue weighted by Gasteiger charge is -2.05. The fourth-order valence-electron chi connectivity index (χ4n) is 1.57. The largest absolute Gasteiger partial charge is 0.497 e. The fourth-order valence-corrected chi connectivity index (χ4v) is 1.57. The first-order chi connectivity index (χ1) is 8.83. The lowest BCUT2D eigenvalue weighted by Crippen LogP contribution is -1.84. The Hall–Kier alpha value is -2.54. The molecule has 4 nitrogen and oxygen atoms in total. The van der Waals surface area contributed by atoms with Gasteiger partial charge in [-0.1, -0.05) is 24.3 Å². The van der Waals surface area contributed by atoms with Crippen LogP contribution in [0, 0.1) is 10.8 Å². The highest BCUT2D eigenvalue weighted by molar-refractivity contribution is 5.64. The minimum Gasteiger partial charge on any atom is -0.497 e. The predicted molar refractivity (Wildman–Crippen MR) is 68.4 cm³/mol. The zero-order valence-corrected chi connectivity index (χ0v) is 10.3. The van der Waals surface area contributed by atoms with Gasteiger partial charge in [0, 0.05) is 10.8 Å². The van der Waals surface area contributed by atoms with Crippen molar-refractivity contribution in [2.24, 2.45) is 0 Å². The smallest absolute Gasteiger partial charge is 0.118 e. The van der Waals surface area contributed by atoms with E-state index in [4.69, 9.17) is 20.3 Å². The molecule has 0 aliphatic carbocycles. The van der Waals surface area contributed by atoms with Gasteiger partial charge in [0.1, 0.15) is 11.5 Å². The van der Waals surface area contributed by atoms with Crippen molar-refractivity contribution in [2.45, 2.75) is 0 Å². The standard InChI is InChI=1S/C14H14O2.N2/c1-15-13-7-3-11(4-8-13)12-5-9-14(16-2)10-6-12;1-2/h3-10H,1-2H3;. The molecule has 0 heterocycles. The molecule has 0 aliphatic heterocycles.